The number of hydrogen-bond donors (Lipinski definition) is 1. The minimum atomic E-state index is 0.794. The van der Waals surface area contributed by atoms with Crippen molar-refractivity contribution in [2.75, 3.05) is 19.6 Å². The van der Waals surface area contributed by atoms with Crippen LogP contribution < -0.4 is 5.32 Å². The van der Waals surface area contributed by atoms with Crippen LogP contribution in [0, 0.1) is 0 Å². The highest BCUT2D eigenvalue weighted by atomic mass is 15.2. The maximum absolute atomic E-state index is 3.80. The topological polar surface area (TPSA) is 15.3 Å². The van der Waals surface area contributed by atoms with Gasteiger partial charge < -0.3 is 10.2 Å². The molecule has 76 valence electrons. The van der Waals surface area contributed by atoms with Gasteiger partial charge in [0.1, 0.15) is 0 Å². The lowest BCUT2D eigenvalue weighted by Crippen LogP contribution is -2.38. The second kappa shape index (κ2) is 4.43. The molecular weight excluding hydrogens is 160 g/mol. The van der Waals surface area contributed by atoms with Crippen LogP contribution in [0.5, 0.6) is 0 Å². The molecule has 0 bridgehead atoms. The first kappa shape index (κ1) is 9.47. The largest absolute Gasteiger partial charge is 0.310 e. The van der Waals surface area contributed by atoms with Crippen LogP contribution in [0.3, 0.4) is 0 Å². The average Bonchev–Trinajstić information content (AvgIpc) is 2.76. The summed E-state index contributed by atoms with van der Waals surface area (Å²) in [6.07, 6.45) is 7.10. The van der Waals surface area contributed by atoms with Crippen molar-refractivity contribution in [1.82, 2.24) is 10.2 Å². The van der Waals surface area contributed by atoms with Crippen molar-refractivity contribution in [1.29, 1.82) is 0 Å². The van der Waals surface area contributed by atoms with E-state index in [1.807, 2.05) is 0 Å². The third kappa shape index (κ3) is 2.44. The molecule has 1 unspecified atom stereocenters. The van der Waals surface area contributed by atoms with Crippen molar-refractivity contribution in [3.05, 3.63) is 0 Å². The fourth-order valence-corrected chi connectivity index (χ4v) is 2.68. The summed E-state index contributed by atoms with van der Waals surface area (Å²) >= 11 is 0. The maximum Gasteiger partial charge on any atom is 0.0209 e. The lowest BCUT2D eigenvalue weighted by Gasteiger charge is -2.18. The first-order chi connectivity index (χ1) is 6.38. The molecule has 1 saturated heterocycles. The van der Waals surface area contributed by atoms with Crippen molar-refractivity contribution in [3.63, 3.8) is 0 Å². The Bertz CT molecular complexity index is 152. The van der Waals surface area contributed by atoms with Gasteiger partial charge in [0.25, 0.3) is 0 Å². The molecule has 0 aromatic heterocycles. The predicted octanol–water partition coefficient (Wildman–Crippen LogP) is 1.61. The SMILES string of the molecule is CCN1CCC(NC2CCCC2)C1. The van der Waals surface area contributed by atoms with Crippen LogP contribution in [0.25, 0.3) is 0 Å². The number of hydrogen-bond acceptors (Lipinski definition) is 2. The molecule has 2 rings (SSSR count). The molecule has 1 atom stereocenters. The third-order valence-corrected chi connectivity index (χ3v) is 3.55. The van der Waals surface area contributed by atoms with Crippen molar-refractivity contribution >= 4 is 0 Å². The molecule has 0 aromatic carbocycles. The minimum absolute atomic E-state index is 0.794. The van der Waals surface area contributed by atoms with E-state index >= 15 is 0 Å². The van der Waals surface area contributed by atoms with Crippen molar-refractivity contribution < 1.29 is 0 Å². The normalized spacial score (nSPS) is 31.6. The number of nitrogens with one attached hydrogen (secondary N) is 1. The highest BCUT2D eigenvalue weighted by molar-refractivity contribution is 4.85. The highest BCUT2D eigenvalue weighted by Gasteiger charge is 2.24. The fourth-order valence-electron chi connectivity index (χ4n) is 2.68. The van der Waals surface area contributed by atoms with Crippen LogP contribution in [-0.2, 0) is 0 Å². The van der Waals surface area contributed by atoms with Crippen LogP contribution in [0.4, 0.5) is 0 Å². The Morgan fingerprint density at radius 1 is 1.15 bits per heavy atom. The number of likely N-dealkylation sites (tertiary alicyclic amines) is 1. The van der Waals surface area contributed by atoms with Gasteiger partial charge in [0.15, 0.2) is 0 Å². The Balaban J connectivity index is 1.70. The van der Waals surface area contributed by atoms with Gasteiger partial charge in [-0.15, -0.1) is 0 Å². The summed E-state index contributed by atoms with van der Waals surface area (Å²) in [7, 11) is 0. The van der Waals surface area contributed by atoms with Gasteiger partial charge in [-0.1, -0.05) is 19.8 Å². The Labute approximate surface area is 81.7 Å². The lowest BCUT2D eigenvalue weighted by molar-refractivity contribution is 0.337. The van der Waals surface area contributed by atoms with E-state index in [2.05, 4.69) is 17.1 Å². The summed E-state index contributed by atoms with van der Waals surface area (Å²) in [5.74, 6) is 0. The van der Waals surface area contributed by atoms with Crippen LogP contribution in [0.15, 0.2) is 0 Å². The number of nitrogens with zero attached hydrogens (tertiary/aromatic N) is 1. The van der Waals surface area contributed by atoms with Gasteiger partial charge in [0.05, 0.1) is 0 Å². The van der Waals surface area contributed by atoms with Gasteiger partial charge in [0.2, 0.25) is 0 Å². The second-order valence-electron chi connectivity index (χ2n) is 4.53. The molecule has 1 heterocycles. The molecule has 2 nitrogen and oxygen atoms in total. The lowest BCUT2D eigenvalue weighted by atomic mass is 10.2. The maximum atomic E-state index is 3.80. The van der Waals surface area contributed by atoms with E-state index in [-0.39, 0.29) is 0 Å². The predicted molar refractivity (Wildman–Crippen MR) is 55.9 cm³/mol. The van der Waals surface area contributed by atoms with Gasteiger partial charge in [0, 0.05) is 18.6 Å². The van der Waals surface area contributed by atoms with E-state index < -0.39 is 0 Å². The van der Waals surface area contributed by atoms with E-state index in [0.29, 0.717) is 0 Å². The molecule has 0 aromatic rings. The van der Waals surface area contributed by atoms with E-state index in [9.17, 15) is 0 Å². The molecule has 0 amide bonds. The van der Waals surface area contributed by atoms with Crippen LogP contribution in [-0.4, -0.2) is 36.6 Å². The molecular formula is C11H22N2. The molecule has 2 fully saturated rings. The van der Waals surface area contributed by atoms with Crippen molar-refractivity contribution in [2.45, 2.75) is 51.1 Å². The van der Waals surface area contributed by atoms with Crippen molar-refractivity contribution in [2.24, 2.45) is 0 Å². The quantitative estimate of drug-likeness (QED) is 0.713. The molecule has 2 aliphatic rings. The summed E-state index contributed by atoms with van der Waals surface area (Å²) in [5, 5.41) is 3.80. The van der Waals surface area contributed by atoms with E-state index in [4.69, 9.17) is 0 Å². The molecule has 0 radical (unpaired) electrons. The van der Waals surface area contributed by atoms with Gasteiger partial charge in [-0.3, -0.25) is 0 Å². The molecule has 1 aliphatic carbocycles. The highest BCUT2D eigenvalue weighted by Crippen LogP contribution is 2.20. The van der Waals surface area contributed by atoms with Gasteiger partial charge in [-0.05, 0) is 32.4 Å². The smallest absolute Gasteiger partial charge is 0.0209 e. The fraction of sp³-hybridized carbons (Fsp3) is 1.00. The van der Waals surface area contributed by atoms with Crippen molar-refractivity contribution in [3.8, 4) is 0 Å². The molecule has 13 heavy (non-hydrogen) atoms. The summed E-state index contributed by atoms with van der Waals surface area (Å²) in [6.45, 7) is 6.08. The third-order valence-electron chi connectivity index (χ3n) is 3.55. The molecule has 0 spiro atoms. The Hall–Kier alpha value is -0.0800. The number of rotatable bonds is 3. The number of likely N-dealkylation sites (N-methyl/N-ethyl adjacent to an activating group) is 1. The molecule has 1 saturated carbocycles. The van der Waals surface area contributed by atoms with E-state index in [1.54, 1.807) is 0 Å². The molecule has 1 N–H and O–H groups in total. The Morgan fingerprint density at radius 3 is 2.54 bits per heavy atom. The van der Waals surface area contributed by atoms with E-state index in [1.165, 1.54) is 51.7 Å². The van der Waals surface area contributed by atoms with Crippen LogP contribution >= 0.6 is 0 Å². The first-order valence-electron chi connectivity index (χ1n) is 5.87. The average molecular weight is 182 g/mol. The molecule has 1 aliphatic heterocycles. The van der Waals surface area contributed by atoms with Gasteiger partial charge in [-0.25, -0.2) is 0 Å². The zero-order valence-corrected chi connectivity index (χ0v) is 8.76. The van der Waals surface area contributed by atoms with Gasteiger partial charge >= 0.3 is 0 Å². The monoisotopic (exact) mass is 182 g/mol. The molecule has 2 heteroatoms. The summed E-state index contributed by atoms with van der Waals surface area (Å²) in [5.41, 5.74) is 0. The van der Waals surface area contributed by atoms with Crippen LogP contribution in [0.1, 0.15) is 39.0 Å². The minimum Gasteiger partial charge on any atom is -0.310 e. The zero-order chi connectivity index (χ0) is 9.10. The van der Waals surface area contributed by atoms with Gasteiger partial charge in [-0.2, -0.15) is 0 Å². The summed E-state index contributed by atoms with van der Waals surface area (Å²) < 4.78 is 0. The second-order valence-corrected chi connectivity index (χ2v) is 4.53. The summed E-state index contributed by atoms with van der Waals surface area (Å²) in [4.78, 5) is 2.55. The van der Waals surface area contributed by atoms with Crippen LogP contribution in [0.2, 0.25) is 0 Å². The standard InChI is InChI=1S/C11H22N2/c1-2-13-8-7-11(9-13)12-10-5-3-4-6-10/h10-12H,2-9H2,1H3. The summed E-state index contributed by atoms with van der Waals surface area (Å²) in [6, 6.07) is 1.64. The zero-order valence-electron chi connectivity index (χ0n) is 8.76. The Morgan fingerprint density at radius 2 is 1.92 bits per heavy atom. The first-order valence-corrected chi connectivity index (χ1v) is 5.87. The van der Waals surface area contributed by atoms with E-state index in [0.717, 1.165) is 12.1 Å². The Kier molecular flexibility index (Phi) is 3.23.